The Balaban J connectivity index is 1.58. The van der Waals surface area contributed by atoms with Gasteiger partial charge in [0.05, 0.1) is 12.8 Å². The van der Waals surface area contributed by atoms with Crippen LogP contribution in [0.4, 0.5) is 11.4 Å². The summed E-state index contributed by atoms with van der Waals surface area (Å²) in [6.07, 6.45) is 0.244. The van der Waals surface area contributed by atoms with Gasteiger partial charge < -0.3 is 24.8 Å². The zero-order valence-corrected chi connectivity index (χ0v) is 15.3. The summed E-state index contributed by atoms with van der Waals surface area (Å²) in [4.78, 5) is 24.5. The number of nitrogens with one attached hydrogen (secondary N) is 2. The molecule has 27 heavy (non-hydrogen) atoms. The predicted molar refractivity (Wildman–Crippen MR) is 99.9 cm³/mol. The third kappa shape index (κ3) is 3.16. The zero-order chi connectivity index (χ0) is 19.1. The minimum Gasteiger partial charge on any atom is -0.493 e. The quantitative estimate of drug-likeness (QED) is 0.870. The topological polar surface area (TPSA) is 85.9 Å². The summed E-state index contributed by atoms with van der Waals surface area (Å²) in [5, 5.41) is 5.61. The first-order chi connectivity index (χ1) is 12.9. The standard InChI is InChI=1S/C20H20N2O5/c1-10-6-12-7-13(8-17(25-3)18(12)26-10)20(24)21-14-4-5-16-15(9-14)22-19(23)11(2)27-16/h4-5,7-11H,6H2,1-3H3,(H,21,24)(H,22,23)/t10-,11+/m0/s1. The summed E-state index contributed by atoms with van der Waals surface area (Å²) < 4.78 is 16.6. The lowest BCUT2D eigenvalue weighted by molar-refractivity contribution is -0.122. The van der Waals surface area contributed by atoms with E-state index in [1.54, 1.807) is 38.3 Å². The second kappa shape index (κ2) is 6.50. The molecule has 0 unspecified atom stereocenters. The summed E-state index contributed by atoms with van der Waals surface area (Å²) in [6, 6.07) is 8.61. The van der Waals surface area contributed by atoms with Gasteiger partial charge in [-0.05, 0) is 44.2 Å². The number of hydrogen-bond acceptors (Lipinski definition) is 5. The molecule has 0 spiro atoms. The molecule has 140 valence electrons. The van der Waals surface area contributed by atoms with Gasteiger partial charge in [0.15, 0.2) is 17.6 Å². The van der Waals surface area contributed by atoms with E-state index in [2.05, 4.69) is 10.6 Å². The van der Waals surface area contributed by atoms with E-state index in [-0.39, 0.29) is 17.9 Å². The van der Waals surface area contributed by atoms with Crippen LogP contribution in [0, 0.1) is 0 Å². The molecular formula is C20H20N2O5. The maximum Gasteiger partial charge on any atom is 0.265 e. The number of fused-ring (bicyclic) bond motifs is 2. The first-order valence-electron chi connectivity index (χ1n) is 8.75. The maximum atomic E-state index is 12.7. The van der Waals surface area contributed by atoms with E-state index in [0.29, 0.717) is 34.2 Å². The monoisotopic (exact) mass is 368 g/mol. The van der Waals surface area contributed by atoms with Crippen molar-refractivity contribution in [1.29, 1.82) is 0 Å². The van der Waals surface area contributed by atoms with Crippen molar-refractivity contribution >= 4 is 23.2 Å². The molecule has 0 bridgehead atoms. The van der Waals surface area contributed by atoms with E-state index in [4.69, 9.17) is 14.2 Å². The molecule has 4 rings (SSSR count). The SMILES string of the molecule is COc1cc(C(=O)Nc2ccc3c(c2)NC(=O)[C@@H](C)O3)cc2c1O[C@@H](C)C2. The van der Waals surface area contributed by atoms with Crippen molar-refractivity contribution in [2.24, 2.45) is 0 Å². The highest BCUT2D eigenvalue weighted by Crippen LogP contribution is 2.39. The lowest BCUT2D eigenvalue weighted by Crippen LogP contribution is -2.34. The van der Waals surface area contributed by atoms with Crippen LogP contribution in [0.15, 0.2) is 30.3 Å². The zero-order valence-electron chi connectivity index (χ0n) is 15.3. The molecule has 2 aromatic rings. The number of ether oxygens (including phenoxy) is 3. The first-order valence-corrected chi connectivity index (χ1v) is 8.75. The van der Waals surface area contributed by atoms with E-state index in [0.717, 1.165) is 12.0 Å². The third-order valence-corrected chi connectivity index (χ3v) is 4.61. The van der Waals surface area contributed by atoms with Gasteiger partial charge in [-0.25, -0.2) is 0 Å². The molecular weight excluding hydrogens is 348 g/mol. The second-order valence-electron chi connectivity index (χ2n) is 6.71. The van der Waals surface area contributed by atoms with Gasteiger partial charge in [-0.3, -0.25) is 9.59 Å². The molecule has 0 aliphatic carbocycles. The van der Waals surface area contributed by atoms with Gasteiger partial charge in [-0.15, -0.1) is 0 Å². The van der Waals surface area contributed by atoms with Crippen LogP contribution in [0.5, 0.6) is 17.2 Å². The molecule has 7 heteroatoms. The molecule has 7 nitrogen and oxygen atoms in total. The second-order valence-corrected chi connectivity index (χ2v) is 6.71. The normalized spacial score (nSPS) is 19.9. The summed E-state index contributed by atoms with van der Waals surface area (Å²) >= 11 is 0. The fourth-order valence-corrected chi connectivity index (χ4v) is 3.27. The fourth-order valence-electron chi connectivity index (χ4n) is 3.27. The average molecular weight is 368 g/mol. The number of carbonyl (C=O) groups excluding carboxylic acids is 2. The molecule has 0 saturated heterocycles. The minimum atomic E-state index is -0.540. The Morgan fingerprint density at radius 2 is 2.04 bits per heavy atom. The number of methoxy groups -OCH3 is 1. The largest absolute Gasteiger partial charge is 0.493 e. The molecule has 0 radical (unpaired) electrons. The summed E-state index contributed by atoms with van der Waals surface area (Å²) in [5.41, 5.74) is 2.52. The van der Waals surface area contributed by atoms with Crippen molar-refractivity contribution in [1.82, 2.24) is 0 Å². The van der Waals surface area contributed by atoms with Crippen LogP contribution in [0.3, 0.4) is 0 Å². The Morgan fingerprint density at radius 1 is 1.22 bits per heavy atom. The van der Waals surface area contributed by atoms with E-state index in [1.807, 2.05) is 13.0 Å². The van der Waals surface area contributed by atoms with Gasteiger partial charge >= 0.3 is 0 Å². The predicted octanol–water partition coefficient (Wildman–Crippen LogP) is 2.99. The maximum absolute atomic E-state index is 12.7. The van der Waals surface area contributed by atoms with Crippen LogP contribution >= 0.6 is 0 Å². The van der Waals surface area contributed by atoms with Crippen LogP contribution < -0.4 is 24.8 Å². The molecule has 2 N–H and O–H groups in total. The smallest absolute Gasteiger partial charge is 0.265 e. The van der Waals surface area contributed by atoms with E-state index in [9.17, 15) is 9.59 Å². The van der Waals surface area contributed by atoms with Gasteiger partial charge in [0.1, 0.15) is 11.9 Å². The van der Waals surface area contributed by atoms with Crippen molar-refractivity contribution in [2.75, 3.05) is 17.7 Å². The highest BCUT2D eigenvalue weighted by Gasteiger charge is 2.26. The first kappa shape index (κ1) is 17.2. The molecule has 2 atom stereocenters. The lowest BCUT2D eigenvalue weighted by Gasteiger charge is -2.23. The minimum absolute atomic E-state index is 0.0545. The molecule has 2 aliphatic rings. The Bertz CT molecular complexity index is 940. The van der Waals surface area contributed by atoms with Gasteiger partial charge in [0, 0.05) is 23.2 Å². The molecule has 0 saturated carbocycles. The van der Waals surface area contributed by atoms with Gasteiger partial charge in [-0.2, -0.15) is 0 Å². The Morgan fingerprint density at radius 3 is 2.81 bits per heavy atom. The Labute approximate surface area is 156 Å². The Hall–Kier alpha value is -3.22. The molecule has 2 aromatic carbocycles. The molecule has 0 aromatic heterocycles. The molecule has 2 amide bonds. The van der Waals surface area contributed by atoms with Crippen molar-refractivity contribution in [2.45, 2.75) is 32.5 Å². The van der Waals surface area contributed by atoms with E-state index < -0.39 is 6.10 Å². The average Bonchev–Trinajstić information content (AvgIpc) is 3.02. The van der Waals surface area contributed by atoms with Crippen LogP contribution in [-0.4, -0.2) is 31.1 Å². The number of anilines is 2. The third-order valence-electron chi connectivity index (χ3n) is 4.61. The van der Waals surface area contributed by atoms with E-state index >= 15 is 0 Å². The van der Waals surface area contributed by atoms with Gasteiger partial charge in [0.2, 0.25) is 0 Å². The number of carbonyl (C=O) groups is 2. The van der Waals surface area contributed by atoms with Gasteiger partial charge in [-0.1, -0.05) is 0 Å². The van der Waals surface area contributed by atoms with Crippen LogP contribution in [0.25, 0.3) is 0 Å². The summed E-state index contributed by atoms with van der Waals surface area (Å²) in [6.45, 7) is 3.66. The fraction of sp³-hybridized carbons (Fsp3) is 0.300. The van der Waals surface area contributed by atoms with Crippen molar-refractivity contribution in [3.05, 3.63) is 41.5 Å². The van der Waals surface area contributed by atoms with E-state index in [1.165, 1.54) is 0 Å². The summed E-state index contributed by atoms with van der Waals surface area (Å²) in [7, 11) is 1.55. The van der Waals surface area contributed by atoms with Crippen LogP contribution in [0.1, 0.15) is 29.8 Å². The number of benzene rings is 2. The highest BCUT2D eigenvalue weighted by atomic mass is 16.5. The molecule has 0 fully saturated rings. The number of amides is 2. The lowest BCUT2D eigenvalue weighted by atomic mass is 10.1. The highest BCUT2D eigenvalue weighted by molar-refractivity contribution is 6.06. The molecule has 2 aliphatic heterocycles. The number of rotatable bonds is 3. The van der Waals surface area contributed by atoms with Crippen molar-refractivity contribution < 1.29 is 23.8 Å². The van der Waals surface area contributed by atoms with Crippen molar-refractivity contribution in [3.8, 4) is 17.2 Å². The summed E-state index contributed by atoms with van der Waals surface area (Å²) in [5.74, 6) is 1.33. The molecule has 2 heterocycles. The van der Waals surface area contributed by atoms with Crippen LogP contribution in [-0.2, 0) is 11.2 Å². The Kier molecular flexibility index (Phi) is 4.14. The van der Waals surface area contributed by atoms with Crippen molar-refractivity contribution in [3.63, 3.8) is 0 Å². The van der Waals surface area contributed by atoms with Crippen LogP contribution in [0.2, 0.25) is 0 Å². The number of hydrogen-bond donors (Lipinski definition) is 2. The van der Waals surface area contributed by atoms with Gasteiger partial charge in [0.25, 0.3) is 11.8 Å².